The van der Waals surface area contributed by atoms with Crippen LogP contribution in [0.25, 0.3) is 0 Å². The van der Waals surface area contributed by atoms with Gasteiger partial charge < -0.3 is 16.4 Å². The van der Waals surface area contributed by atoms with E-state index >= 15 is 0 Å². The number of amides is 2. The van der Waals surface area contributed by atoms with Crippen LogP contribution < -0.4 is 11.5 Å². The van der Waals surface area contributed by atoms with Gasteiger partial charge in [-0.3, -0.25) is 9.59 Å². The quantitative estimate of drug-likeness (QED) is 0.725. The van der Waals surface area contributed by atoms with E-state index in [1.165, 1.54) is 0 Å². The summed E-state index contributed by atoms with van der Waals surface area (Å²) in [4.78, 5) is 25.1. The van der Waals surface area contributed by atoms with Crippen LogP contribution in [0, 0.1) is 5.41 Å². The van der Waals surface area contributed by atoms with Gasteiger partial charge in [0.2, 0.25) is 11.8 Å². The van der Waals surface area contributed by atoms with E-state index in [2.05, 4.69) is 0 Å². The van der Waals surface area contributed by atoms with Gasteiger partial charge in [0.05, 0.1) is 6.04 Å². The van der Waals surface area contributed by atoms with Gasteiger partial charge in [0.1, 0.15) is 6.04 Å². The van der Waals surface area contributed by atoms with Crippen molar-refractivity contribution in [1.82, 2.24) is 4.90 Å². The third-order valence-corrected chi connectivity index (χ3v) is 3.31. The molecule has 0 saturated carbocycles. The molecule has 4 N–H and O–H groups in total. The zero-order valence-corrected chi connectivity index (χ0v) is 10.9. The van der Waals surface area contributed by atoms with Crippen LogP contribution in [0.2, 0.25) is 0 Å². The number of nitrogens with zero attached hydrogens (tertiary/aromatic N) is 1. The maximum atomic E-state index is 12.3. The Morgan fingerprint density at radius 3 is 2.35 bits per heavy atom. The minimum atomic E-state index is -0.595. The van der Waals surface area contributed by atoms with Gasteiger partial charge in [-0.15, -0.1) is 0 Å². The van der Waals surface area contributed by atoms with Gasteiger partial charge in [-0.05, 0) is 24.7 Å². The second kappa shape index (κ2) is 5.04. The summed E-state index contributed by atoms with van der Waals surface area (Å²) < 4.78 is 0. The molecule has 98 valence electrons. The van der Waals surface area contributed by atoms with Crippen molar-refractivity contribution in [2.24, 2.45) is 16.9 Å². The molecule has 0 bridgehead atoms. The molecule has 0 radical (unpaired) electrons. The first-order chi connectivity index (χ1) is 7.75. The van der Waals surface area contributed by atoms with Crippen molar-refractivity contribution in [3.05, 3.63) is 0 Å². The summed E-state index contributed by atoms with van der Waals surface area (Å²) in [5, 5.41) is 0. The van der Waals surface area contributed by atoms with Crippen LogP contribution in [-0.4, -0.2) is 35.3 Å². The Balaban J connectivity index is 2.82. The highest BCUT2D eigenvalue weighted by atomic mass is 16.2. The summed E-state index contributed by atoms with van der Waals surface area (Å²) >= 11 is 0. The minimum absolute atomic E-state index is 0.166. The van der Waals surface area contributed by atoms with Crippen LogP contribution in [-0.2, 0) is 9.59 Å². The standard InChI is InChI=1S/C12H23N3O2/c1-12(2,3)9(13)11(17)15-7-5-4-6-8(15)10(14)16/h8-9H,4-7,13H2,1-3H3,(H2,14,16). The first-order valence-corrected chi connectivity index (χ1v) is 6.10. The predicted octanol–water partition coefficient (Wildman–Crippen LogP) is 0.226. The molecule has 5 nitrogen and oxygen atoms in total. The molecule has 1 saturated heterocycles. The summed E-state index contributed by atoms with van der Waals surface area (Å²) in [5.41, 5.74) is 11.0. The van der Waals surface area contributed by atoms with Crippen LogP contribution in [0.3, 0.4) is 0 Å². The molecule has 2 amide bonds. The van der Waals surface area contributed by atoms with Gasteiger partial charge in [-0.25, -0.2) is 0 Å². The van der Waals surface area contributed by atoms with Gasteiger partial charge in [0, 0.05) is 6.54 Å². The van der Waals surface area contributed by atoms with Crippen molar-refractivity contribution in [3.8, 4) is 0 Å². The normalized spacial score (nSPS) is 23.3. The lowest BCUT2D eigenvalue weighted by Gasteiger charge is -2.38. The summed E-state index contributed by atoms with van der Waals surface area (Å²) in [6.07, 6.45) is 2.49. The molecule has 1 fully saturated rings. The summed E-state index contributed by atoms with van der Waals surface area (Å²) in [5.74, 6) is -0.597. The largest absolute Gasteiger partial charge is 0.368 e. The fourth-order valence-corrected chi connectivity index (χ4v) is 2.04. The Bertz CT molecular complexity index is 309. The Labute approximate surface area is 103 Å². The molecule has 0 aromatic heterocycles. The molecule has 1 aliphatic rings. The number of hydrogen-bond acceptors (Lipinski definition) is 3. The van der Waals surface area contributed by atoms with E-state index in [1.807, 2.05) is 20.8 Å². The first-order valence-electron chi connectivity index (χ1n) is 6.10. The lowest BCUT2D eigenvalue weighted by Crippen LogP contribution is -2.57. The lowest BCUT2D eigenvalue weighted by molar-refractivity contribution is -0.144. The summed E-state index contributed by atoms with van der Waals surface area (Å²) in [7, 11) is 0. The van der Waals surface area contributed by atoms with Crippen molar-refractivity contribution in [2.45, 2.75) is 52.1 Å². The van der Waals surface area contributed by atoms with Crippen molar-refractivity contribution < 1.29 is 9.59 Å². The third kappa shape index (κ3) is 3.19. The molecule has 0 aromatic rings. The molecule has 5 heteroatoms. The number of carbonyl (C=O) groups is 2. The Hall–Kier alpha value is -1.10. The lowest BCUT2D eigenvalue weighted by atomic mass is 9.85. The average Bonchev–Trinajstić information content (AvgIpc) is 2.25. The maximum Gasteiger partial charge on any atom is 0.240 e. The van der Waals surface area contributed by atoms with Crippen LogP contribution >= 0.6 is 0 Å². The van der Waals surface area contributed by atoms with E-state index in [0.29, 0.717) is 13.0 Å². The van der Waals surface area contributed by atoms with E-state index in [4.69, 9.17) is 11.5 Å². The number of nitrogens with two attached hydrogens (primary N) is 2. The molecule has 0 aliphatic carbocycles. The van der Waals surface area contributed by atoms with Crippen molar-refractivity contribution in [2.75, 3.05) is 6.54 Å². The smallest absolute Gasteiger partial charge is 0.240 e. The van der Waals surface area contributed by atoms with E-state index in [1.54, 1.807) is 4.90 Å². The zero-order valence-electron chi connectivity index (χ0n) is 10.9. The molecule has 17 heavy (non-hydrogen) atoms. The molecule has 0 spiro atoms. The van der Waals surface area contributed by atoms with Crippen LogP contribution in [0.15, 0.2) is 0 Å². The Kier molecular flexibility index (Phi) is 4.14. The number of rotatable bonds is 2. The van der Waals surface area contributed by atoms with Gasteiger partial charge in [0.15, 0.2) is 0 Å². The van der Waals surface area contributed by atoms with Crippen LogP contribution in [0.5, 0.6) is 0 Å². The van der Waals surface area contributed by atoms with Gasteiger partial charge in [-0.2, -0.15) is 0 Å². The van der Waals surface area contributed by atoms with Crippen molar-refractivity contribution >= 4 is 11.8 Å². The fraction of sp³-hybridized carbons (Fsp3) is 0.833. The van der Waals surface area contributed by atoms with E-state index in [0.717, 1.165) is 12.8 Å². The predicted molar refractivity (Wildman–Crippen MR) is 66.0 cm³/mol. The number of likely N-dealkylation sites (tertiary alicyclic amines) is 1. The Morgan fingerprint density at radius 2 is 1.88 bits per heavy atom. The van der Waals surface area contributed by atoms with Crippen molar-refractivity contribution in [1.29, 1.82) is 0 Å². The topological polar surface area (TPSA) is 89.4 Å². The van der Waals surface area contributed by atoms with Crippen LogP contribution in [0.4, 0.5) is 0 Å². The third-order valence-electron chi connectivity index (χ3n) is 3.31. The number of carbonyl (C=O) groups excluding carboxylic acids is 2. The van der Waals surface area contributed by atoms with E-state index in [9.17, 15) is 9.59 Å². The number of piperidine rings is 1. The monoisotopic (exact) mass is 241 g/mol. The van der Waals surface area contributed by atoms with E-state index < -0.39 is 18.0 Å². The molecule has 2 unspecified atom stereocenters. The SMILES string of the molecule is CC(C)(C)C(N)C(=O)N1CCCCC1C(N)=O. The van der Waals surface area contributed by atoms with Gasteiger partial charge >= 0.3 is 0 Å². The minimum Gasteiger partial charge on any atom is -0.368 e. The Morgan fingerprint density at radius 1 is 1.29 bits per heavy atom. The molecular formula is C12H23N3O2. The highest BCUT2D eigenvalue weighted by molar-refractivity contribution is 5.89. The summed E-state index contributed by atoms with van der Waals surface area (Å²) in [6, 6.07) is -1.08. The number of hydrogen-bond donors (Lipinski definition) is 2. The van der Waals surface area contributed by atoms with Gasteiger partial charge in [-0.1, -0.05) is 20.8 Å². The maximum absolute atomic E-state index is 12.3. The molecule has 2 atom stereocenters. The zero-order chi connectivity index (χ0) is 13.2. The second-order valence-corrected chi connectivity index (χ2v) is 5.79. The average molecular weight is 241 g/mol. The molecular weight excluding hydrogens is 218 g/mol. The fourth-order valence-electron chi connectivity index (χ4n) is 2.04. The highest BCUT2D eigenvalue weighted by Crippen LogP contribution is 2.23. The molecule has 1 rings (SSSR count). The highest BCUT2D eigenvalue weighted by Gasteiger charge is 2.37. The van der Waals surface area contributed by atoms with Crippen molar-refractivity contribution in [3.63, 3.8) is 0 Å². The first kappa shape index (κ1) is 14.0. The second-order valence-electron chi connectivity index (χ2n) is 5.79. The van der Waals surface area contributed by atoms with Crippen LogP contribution in [0.1, 0.15) is 40.0 Å². The van der Waals surface area contributed by atoms with E-state index in [-0.39, 0.29) is 11.3 Å². The van der Waals surface area contributed by atoms with Gasteiger partial charge in [0.25, 0.3) is 0 Å². The molecule has 1 aliphatic heterocycles. The summed E-state index contributed by atoms with van der Waals surface area (Å²) in [6.45, 7) is 6.33. The number of primary amides is 1. The molecule has 0 aromatic carbocycles. The molecule has 1 heterocycles.